The van der Waals surface area contributed by atoms with Gasteiger partial charge in [0.25, 0.3) is 11.5 Å². The number of amides is 1. The van der Waals surface area contributed by atoms with E-state index < -0.39 is 34.8 Å². The lowest BCUT2D eigenvalue weighted by atomic mass is 9.90. The molecule has 0 radical (unpaired) electrons. The Morgan fingerprint density at radius 3 is 2.46 bits per heavy atom. The number of aromatic nitrogens is 5. The van der Waals surface area contributed by atoms with E-state index >= 15 is 0 Å². The fourth-order valence-corrected chi connectivity index (χ4v) is 6.18. The molecule has 1 aliphatic carbocycles. The molecule has 0 bridgehead atoms. The molecule has 12 heteroatoms. The number of rotatable bonds is 6. The molecule has 0 atom stereocenters. The number of carbonyl (C=O) groups is 1. The quantitative estimate of drug-likeness (QED) is 0.281. The van der Waals surface area contributed by atoms with Crippen LogP contribution in [0.5, 0.6) is 0 Å². The summed E-state index contributed by atoms with van der Waals surface area (Å²) in [4.78, 5) is 49.2. The maximum atomic E-state index is 14.4. The van der Waals surface area contributed by atoms with Crippen LogP contribution < -0.4 is 16.6 Å². The molecule has 2 aromatic carbocycles. The van der Waals surface area contributed by atoms with Gasteiger partial charge in [-0.2, -0.15) is 0 Å². The van der Waals surface area contributed by atoms with E-state index in [0.717, 1.165) is 29.0 Å². The van der Waals surface area contributed by atoms with E-state index in [4.69, 9.17) is 0 Å². The number of carbonyl (C=O) groups excluding carboxylic acids is 1. The zero-order valence-corrected chi connectivity index (χ0v) is 24.4. The molecular weight excluding hydrogens is 594 g/mol. The highest BCUT2D eigenvalue weighted by atomic mass is 19.1. The second-order valence-electron chi connectivity index (χ2n) is 11.4. The maximum absolute atomic E-state index is 14.4. The average Bonchev–Trinajstić information content (AvgIpc) is 3.50. The van der Waals surface area contributed by atoms with Crippen molar-refractivity contribution in [2.45, 2.75) is 44.4 Å². The molecule has 10 nitrogen and oxygen atoms in total. The van der Waals surface area contributed by atoms with Crippen molar-refractivity contribution in [3.63, 3.8) is 0 Å². The number of pyridine rings is 2. The Morgan fingerprint density at radius 1 is 0.913 bits per heavy atom. The number of nitrogens with one attached hydrogen (secondary N) is 1. The molecule has 4 heterocycles. The summed E-state index contributed by atoms with van der Waals surface area (Å²) < 4.78 is 31.9. The SMILES string of the molecule is O=C(N[C@H]1CC[C@@H](n2c(=O)c3cc(F)cnc3n(-c3cccc(-c4ccc(CO)cc4)c3)c2=O)CC1)c1cn2cc(F)ccc2n1. The molecule has 6 aromatic rings. The second kappa shape index (κ2) is 11.8. The van der Waals surface area contributed by atoms with Crippen LogP contribution in [-0.4, -0.2) is 40.6 Å². The summed E-state index contributed by atoms with van der Waals surface area (Å²) >= 11 is 0. The molecule has 0 aliphatic heterocycles. The summed E-state index contributed by atoms with van der Waals surface area (Å²) in [6.07, 6.45) is 5.50. The van der Waals surface area contributed by atoms with Crippen LogP contribution in [0, 0.1) is 11.6 Å². The van der Waals surface area contributed by atoms with E-state index in [9.17, 15) is 28.3 Å². The van der Waals surface area contributed by atoms with Crippen LogP contribution >= 0.6 is 0 Å². The van der Waals surface area contributed by atoms with Crippen molar-refractivity contribution in [3.05, 3.63) is 129 Å². The van der Waals surface area contributed by atoms with Gasteiger partial charge >= 0.3 is 5.69 Å². The van der Waals surface area contributed by atoms with E-state index in [1.807, 2.05) is 30.3 Å². The molecule has 7 rings (SSSR count). The maximum Gasteiger partial charge on any atom is 0.337 e. The van der Waals surface area contributed by atoms with E-state index in [1.165, 1.54) is 38.1 Å². The summed E-state index contributed by atoms with van der Waals surface area (Å²) in [6.45, 7) is -0.0794. The topological polar surface area (TPSA) is 124 Å². The molecule has 4 aromatic heterocycles. The molecule has 1 amide bonds. The number of imidazole rings is 1. The average molecular weight is 623 g/mol. The van der Waals surface area contributed by atoms with Crippen molar-refractivity contribution in [2.75, 3.05) is 0 Å². The molecule has 2 N–H and O–H groups in total. The standard InChI is InChI=1S/C34H28F2N6O4/c35-23-8-13-30-39-29(18-40(30)17-23)32(44)38-25-9-11-26(12-10-25)42-33(45)28-15-24(36)16-37-31(28)41(34(42)46)27-3-1-2-22(14-27)21-6-4-20(19-43)5-7-21/h1-8,13-18,25-26,43H,9-12,19H2,(H,38,44)/t25-,26+. The molecule has 232 valence electrons. The van der Waals surface area contributed by atoms with E-state index in [1.54, 1.807) is 18.2 Å². The highest BCUT2D eigenvalue weighted by Gasteiger charge is 2.28. The molecular formula is C34H28F2N6O4. The first-order valence-electron chi connectivity index (χ1n) is 14.9. The van der Waals surface area contributed by atoms with Gasteiger partial charge < -0.3 is 14.8 Å². The van der Waals surface area contributed by atoms with Crippen LogP contribution in [0.15, 0.2) is 94.9 Å². The molecule has 0 saturated heterocycles. The van der Waals surface area contributed by atoms with Gasteiger partial charge in [-0.05, 0) is 72.7 Å². The molecule has 1 aliphatic rings. The monoisotopic (exact) mass is 622 g/mol. The van der Waals surface area contributed by atoms with Gasteiger partial charge in [-0.25, -0.2) is 28.1 Å². The van der Waals surface area contributed by atoms with Crippen LogP contribution in [-0.2, 0) is 6.61 Å². The van der Waals surface area contributed by atoms with Gasteiger partial charge in [0.05, 0.1) is 23.9 Å². The lowest BCUT2D eigenvalue weighted by molar-refractivity contribution is 0.0917. The van der Waals surface area contributed by atoms with Crippen LogP contribution in [0.2, 0.25) is 0 Å². The highest BCUT2D eigenvalue weighted by molar-refractivity contribution is 5.93. The molecule has 0 spiro atoms. The predicted molar refractivity (Wildman–Crippen MR) is 167 cm³/mol. The number of aliphatic hydroxyl groups excluding tert-OH is 1. The van der Waals surface area contributed by atoms with Gasteiger partial charge in [-0.15, -0.1) is 0 Å². The minimum absolute atomic E-state index is 0.0176. The minimum atomic E-state index is -0.694. The number of benzene rings is 2. The first-order valence-corrected chi connectivity index (χ1v) is 14.9. The van der Waals surface area contributed by atoms with E-state index in [-0.39, 0.29) is 29.4 Å². The van der Waals surface area contributed by atoms with Gasteiger partial charge in [0.15, 0.2) is 5.65 Å². The number of halogens is 2. The van der Waals surface area contributed by atoms with Crippen molar-refractivity contribution in [3.8, 4) is 16.8 Å². The lowest BCUT2D eigenvalue weighted by Gasteiger charge is -2.30. The number of fused-ring (bicyclic) bond motifs is 2. The minimum Gasteiger partial charge on any atom is -0.392 e. The molecule has 46 heavy (non-hydrogen) atoms. The fourth-order valence-electron chi connectivity index (χ4n) is 6.18. The van der Waals surface area contributed by atoms with E-state index in [0.29, 0.717) is 37.0 Å². The van der Waals surface area contributed by atoms with Crippen LogP contribution in [0.25, 0.3) is 33.5 Å². The Labute approximate surface area is 260 Å². The van der Waals surface area contributed by atoms with Crippen molar-refractivity contribution >= 4 is 22.6 Å². The Bertz CT molecular complexity index is 2230. The zero-order chi connectivity index (χ0) is 31.9. The second-order valence-corrected chi connectivity index (χ2v) is 11.4. The zero-order valence-electron chi connectivity index (χ0n) is 24.4. The highest BCUT2D eigenvalue weighted by Crippen LogP contribution is 2.28. The Kier molecular flexibility index (Phi) is 7.49. The molecule has 0 unspecified atom stereocenters. The van der Waals surface area contributed by atoms with Gasteiger partial charge in [0.1, 0.15) is 23.0 Å². The van der Waals surface area contributed by atoms with Gasteiger partial charge in [0.2, 0.25) is 0 Å². The molecule has 1 fully saturated rings. The Hall–Kier alpha value is -5.49. The third-order valence-corrected chi connectivity index (χ3v) is 8.51. The van der Waals surface area contributed by atoms with Crippen LogP contribution in [0.3, 0.4) is 0 Å². The first kappa shape index (κ1) is 29.2. The summed E-state index contributed by atoms with van der Waals surface area (Å²) in [5.74, 6) is -1.54. The van der Waals surface area contributed by atoms with Crippen LogP contribution in [0.1, 0.15) is 47.8 Å². The largest absolute Gasteiger partial charge is 0.392 e. The van der Waals surface area contributed by atoms with Crippen molar-refractivity contribution in [1.29, 1.82) is 0 Å². The van der Waals surface area contributed by atoms with Crippen molar-refractivity contribution in [1.82, 2.24) is 28.8 Å². The smallest absolute Gasteiger partial charge is 0.337 e. The molecule has 1 saturated carbocycles. The van der Waals surface area contributed by atoms with Gasteiger partial charge in [-0.1, -0.05) is 36.4 Å². The third-order valence-electron chi connectivity index (χ3n) is 8.51. The summed E-state index contributed by atoms with van der Waals surface area (Å²) in [5, 5.41) is 12.3. The fraction of sp³-hybridized carbons (Fsp3) is 0.206. The summed E-state index contributed by atoms with van der Waals surface area (Å²) in [6, 6.07) is 17.7. The number of hydrogen-bond donors (Lipinski definition) is 2. The van der Waals surface area contributed by atoms with Gasteiger partial charge in [-0.3, -0.25) is 14.2 Å². The number of nitrogens with zero attached hydrogens (tertiary/aromatic N) is 5. The third kappa shape index (κ3) is 5.36. The Balaban J connectivity index is 1.19. The first-order chi connectivity index (χ1) is 22.3. The summed E-state index contributed by atoms with van der Waals surface area (Å²) in [5.41, 5.74) is 2.32. The van der Waals surface area contributed by atoms with Crippen molar-refractivity contribution < 1.29 is 18.7 Å². The predicted octanol–water partition coefficient (Wildman–Crippen LogP) is 4.55. The van der Waals surface area contributed by atoms with Gasteiger partial charge in [0, 0.05) is 24.5 Å². The van der Waals surface area contributed by atoms with E-state index in [2.05, 4.69) is 15.3 Å². The summed E-state index contributed by atoms with van der Waals surface area (Å²) in [7, 11) is 0. The Morgan fingerprint density at radius 2 is 1.70 bits per heavy atom. The van der Waals surface area contributed by atoms with Crippen LogP contribution in [0.4, 0.5) is 8.78 Å². The number of hydrogen-bond acceptors (Lipinski definition) is 6. The number of aliphatic hydroxyl groups is 1. The van der Waals surface area contributed by atoms with Crippen molar-refractivity contribution in [2.24, 2.45) is 0 Å². The lowest BCUT2D eigenvalue weighted by Crippen LogP contribution is -2.45. The normalized spacial score (nSPS) is 16.6.